The van der Waals surface area contributed by atoms with Crippen molar-refractivity contribution >= 4 is 40.9 Å². The zero-order chi connectivity index (χ0) is 17.1. The molecule has 1 aliphatic heterocycles. The number of rotatable bonds is 4. The Bertz CT molecular complexity index is 770. The lowest BCUT2D eigenvalue weighted by Crippen LogP contribution is -2.35. The molecule has 7 heteroatoms. The number of nitrogens with zero attached hydrogens (tertiary/aromatic N) is 2. The van der Waals surface area contributed by atoms with E-state index >= 15 is 0 Å². The van der Waals surface area contributed by atoms with Crippen molar-refractivity contribution in [2.24, 2.45) is 0 Å². The lowest BCUT2D eigenvalue weighted by Gasteiger charge is -2.25. The van der Waals surface area contributed by atoms with E-state index in [4.69, 9.17) is 11.6 Å². The average molecular weight is 362 g/mol. The molecule has 1 atom stereocenters. The van der Waals surface area contributed by atoms with Crippen LogP contribution in [0.25, 0.3) is 0 Å². The second-order valence-electron chi connectivity index (χ2n) is 5.51. The standard InChI is InChI=1S/C17H16ClN3O2S/c1-21(10-12-4-2-3-7-19-12)16(22)9-15-17(23)20-13-8-11(18)5-6-14(13)24-15/h2-8,15H,9-10H2,1H3,(H,20,23). The molecule has 0 saturated carbocycles. The van der Waals surface area contributed by atoms with E-state index < -0.39 is 5.25 Å². The van der Waals surface area contributed by atoms with Gasteiger partial charge in [0, 0.05) is 29.6 Å². The van der Waals surface area contributed by atoms with E-state index in [0.717, 1.165) is 10.6 Å². The Hall–Kier alpha value is -2.05. The second kappa shape index (κ2) is 7.23. The molecule has 1 N–H and O–H groups in total. The van der Waals surface area contributed by atoms with E-state index in [9.17, 15) is 9.59 Å². The number of halogens is 1. The number of pyridine rings is 1. The highest BCUT2D eigenvalue weighted by atomic mass is 35.5. The molecule has 1 aromatic heterocycles. The summed E-state index contributed by atoms with van der Waals surface area (Å²) in [6, 6.07) is 10.9. The number of aromatic nitrogens is 1. The quantitative estimate of drug-likeness (QED) is 0.908. The number of amides is 2. The normalized spacial score (nSPS) is 16.2. The third-order valence-corrected chi connectivity index (χ3v) is 5.18. The summed E-state index contributed by atoms with van der Waals surface area (Å²) in [4.78, 5) is 31.4. The summed E-state index contributed by atoms with van der Waals surface area (Å²) < 4.78 is 0. The predicted octanol–water partition coefficient (Wildman–Crippen LogP) is 3.20. The summed E-state index contributed by atoms with van der Waals surface area (Å²) in [6.07, 6.45) is 1.84. The molecule has 0 aliphatic carbocycles. The van der Waals surface area contributed by atoms with Crippen LogP contribution in [0.5, 0.6) is 0 Å². The number of carbonyl (C=O) groups excluding carboxylic acids is 2. The van der Waals surface area contributed by atoms with E-state index in [-0.39, 0.29) is 18.2 Å². The third kappa shape index (κ3) is 3.88. The van der Waals surface area contributed by atoms with Gasteiger partial charge in [-0.1, -0.05) is 17.7 Å². The van der Waals surface area contributed by atoms with Crippen molar-refractivity contribution in [2.45, 2.75) is 23.1 Å². The maximum atomic E-state index is 12.4. The molecule has 1 aliphatic rings. The molecule has 124 valence electrons. The molecule has 0 spiro atoms. The monoisotopic (exact) mass is 361 g/mol. The van der Waals surface area contributed by atoms with E-state index in [1.807, 2.05) is 24.3 Å². The zero-order valence-electron chi connectivity index (χ0n) is 13.0. The largest absolute Gasteiger partial charge is 0.340 e. The summed E-state index contributed by atoms with van der Waals surface area (Å²) in [5, 5.41) is 2.94. The molecule has 1 aromatic carbocycles. The van der Waals surface area contributed by atoms with Gasteiger partial charge in [0.05, 0.1) is 23.2 Å². The van der Waals surface area contributed by atoms with Gasteiger partial charge in [-0.3, -0.25) is 14.6 Å². The number of anilines is 1. The number of carbonyl (C=O) groups is 2. The van der Waals surface area contributed by atoms with Gasteiger partial charge in [0.15, 0.2) is 0 Å². The number of hydrogen-bond acceptors (Lipinski definition) is 4. The fourth-order valence-corrected chi connectivity index (χ4v) is 3.65. The van der Waals surface area contributed by atoms with Gasteiger partial charge in [-0.15, -0.1) is 11.8 Å². The van der Waals surface area contributed by atoms with Crippen molar-refractivity contribution in [1.29, 1.82) is 0 Å². The minimum atomic E-state index is -0.447. The second-order valence-corrected chi connectivity index (χ2v) is 7.19. The lowest BCUT2D eigenvalue weighted by atomic mass is 10.2. The predicted molar refractivity (Wildman–Crippen MR) is 95.1 cm³/mol. The molecule has 24 heavy (non-hydrogen) atoms. The van der Waals surface area contributed by atoms with Crippen molar-refractivity contribution in [2.75, 3.05) is 12.4 Å². The molecule has 2 heterocycles. The van der Waals surface area contributed by atoms with Gasteiger partial charge >= 0.3 is 0 Å². The van der Waals surface area contributed by atoms with Gasteiger partial charge in [-0.2, -0.15) is 0 Å². The number of hydrogen-bond donors (Lipinski definition) is 1. The minimum Gasteiger partial charge on any atom is -0.340 e. The van der Waals surface area contributed by atoms with Crippen molar-refractivity contribution in [1.82, 2.24) is 9.88 Å². The highest BCUT2D eigenvalue weighted by molar-refractivity contribution is 8.01. The topological polar surface area (TPSA) is 62.3 Å². The molecule has 2 aromatic rings. The Kier molecular flexibility index (Phi) is 5.06. The van der Waals surface area contributed by atoms with Crippen LogP contribution in [0.15, 0.2) is 47.5 Å². The van der Waals surface area contributed by atoms with Crippen LogP contribution in [-0.2, 0) is 16.1 Å². The minimum absolute atomic E-state index is 0.0919. The molecule has 0 bridgehead atoms. The van der Waals surface area contributed by atoms with Crippen LogP contribution in [0.4, 0.5) is 5.69 Å². The molecular formula is C17H16ClN3O2S. The molecule has 0 fully saturated rings. The summed E-state index contributed by atoms with van der Waals surface area (Å²) in [7, 11) is 1.72. The van der Waals surface area contributed by atoms with Crippen molar-refractivity contribution in [3.8, 4) is 0 Å². The van der Waals surface area contributed by atoms with E-state index in [1.165, 1.54) is 11.8 Å². The first-order chi connectivity index (χ1) is 11.5. The summed E-state index contributed by atoms with van der Waals surface area (Å²) in [5.74, 6) is -0.264. The Morgan fingerprint density at radius 1 is 1.38 bits per heavy atom. The highest BCUT2D eigenvalue weighted by Crippen LogP contribution is 2.38. The van der Waals surface area contributed by atoms with Crippen LogP contribution < -0.4 is 5.32 Å². The Balaban J connectivity index is 1.64. The molecule has 0 saturated heterocycles. The molecular weight excluding hydrogens is 346 g/mol. The third-order valence-electron chi connectivity index (χ3n) is 3.67. The Morgan fingerprint density at radius 2 is 2.21 bits per heavy atom. The number of fused-ring (bicyclic) bond motifs is 1. The van der Waals surface area contributed by atoms with Crippen LogP contribution in [0.1, 0.15) is 12.1 Å². The van der Waals surface area contributed by atoms with E-state index in [1.54, 1.807) is 30.3 Å². The first-order valence-corrected chi connectivity index (χ1v) is 8.69. The van der Waals surface area contributed by atoms with Crippen molar-refractivity contribution in [3.63, 3.8) is 0 Å². The Labute approximate surface area is 149 Å². The van der Waals surface area contributed by atoms with Crippen LogP contribution in [-0.4, -0.2) is 34.0 Å². The molecule has 0 radical (unpaired) electrons. The average Bonchev–Trinajstić information content (AvgIpc) is 2.56. The van der Waals surface area contributed by atoms with Gasteiger partial charge in [0.2, 0.25) is 11.8 Å². The summed E-state index contributed by atoms with van der Waals surface area (Å²) in [5.41, 5.74) is 1.51. The maximum absolute atomic E-state index is 12.4. The van der Waals surface area contributed by atoms with E-state index in [2.05, 4.69) is 10.3 Å². The van der Waals surface area contributed by atoms with Crippen LogP contribution in [0, 0.1) is 0 Å². The van der Waals surface area contributed by atoms with Crippen LogP contribution >= 0.6 is 23.4 Å². The van der Waals surface area contributed by atoms with Crippen LogP contribution in [0.3, 0.4) is 0 Å². The summed E-state index contributed by atoms with van der Waals surface area (Å²) in [6.45, 7) is 0.422. The van der Waals surface area contributed by atoms with Gasteiger partial charge in [0.1, 0.15) is 0 Å². The molecule has 3 rings (SSSR count). The number of thioether (sulfide) groups is 1. The smallest absolute Gasteiger partial charge is 0.238 e. The molecule has 5 nitrogen and oxygen atoms in total. The summed E-state index contributed by atoms with van der Waals surface area (Å²) >= 11 is 7.33. The van der Waals surface area contributed by atoms with E-state index in [0.29, 0.717) is 17.3 Å². The first kappa shape index (κ1) is 16.8. The van der Waals surface area contributed by atoms with Crippen molar-refractivity contribution in [3.05, 3.63) is 53.3 Å². The van der Waals surface area contributed by atoms with Gasteiger partial charge in [0.25, 0.3) is 0 Å². The number of nitrogens with one attached hydrogen (secondary N) is 1. The lowest BCUT2D eigenvalue weighted by molar-refractivity contribution is -0.131. The molecule has 1 unspecified atom stereocenters. The SMILES string of the molecule is CN(Cc1ccccn1)C(=O)CC1Sc2ccc(Cl)cc2NC1=O. The highest BCUT2D eigenvalue weighted by Gasteiger charge is 2.30. The first-order valence-electron chi connectivity index (χ1n) is 7.44. The van der Waals surface area contributed by atoms with Crippen LogP contribution in [0.2, 0.25) is 5.02 Å². The van der Waals surface area contributed by atoms with Gasteiger partial charge < -0.3 is 10.2 Å². The fraction of sp³-hybridized carbons (Fsp3) is 0.235. The fourth-order valence-electron chi connectivity index (χ4n) is 2.39. The Morgan fingerprint density at radius 3 is 2.96 bits per heavy atom. The van der Waals surface area contributed by atoms with Crippen molar-refractivity contribution < 1.29 is 9.59 Å². The maximum Gasteiger partial charge on any atom is 0.238 e. The number of benzene rings is 1. The molecule has 2 amide bonds. The van der Waals surface area contributed by atoms with Gasteiger partial charge in [-0.05, 0) is 30.3 Å². The van der Waals surface area contributed by atoms with Gasteiger partial charge in [-0.25, -0.2) is 0 Å². The zero-order valence-corrected chi connectivity index (χ0v) is 14.6.